The molecule has 8 nitrogen and oxygen atoms in total. The molecule has 33 heavy (non-hydrogen) atoms. The van der Waals surface area contributed by atoms with Crippen LogP contribution < -0.4 is 10.6 Å². The molecule has 9 heteroatoms. The molecule has 1 unspecified atom stereocenters. The molecule has 3 N–H and O–H groups in total. The minimum atomic E-state index is -0.780. The van der Waals surface area contributed by atoms with E-state index in [4.69, 9.17) is 11.6 Å². The van der Waals surface area contributed by atoms with Crippen molar-refractivity contribution in [2.75, 3.05) is 32.1 Å². The van der Waals surface area contributed by atoms with Gasteiger partial charge in [0.15, 0.2) is 0 Å². The summed E-state index contributed by atoms with van der Waals surface area (Å²) in [6.07, 6.45) is -0.131. The second-order valence-corrected chi connectivity index (χ2v) is 8.26. The largest absolute Gasteiger partial charge is 0.508 e. The molecule has 0 radical (unpaired) electrons. The first kappa shape index (κ1) is 24.5. The summed E-state index contributed by atoms with van der Waals surface area (Å²) in [5.41, 5.74) is 1.72. The number of phenols is 1. The highest BCUT2D eigenvalue weighted by molar-refractivity contribution is 6.27. The molecule has 1 aliphatic heterocycles. The highest BCUT2D eigenvalue weighted by Gasteiger charge is 2.30. The summed E-state index contributed by atoms with van der Waals surface area (Å²) in [7, 11) is 0. The van der Waals surface area contributed by atoms with Gasteiger partial charge in [0.2, 0.25) is 17.7 Å². The highest BCUT2D eigenvalue weighted by atomic mass is 35.5. The number of nitrogens with zero attached hydrogens (tertiary/aromatic N) is 2. The first-order valence-corrected chi connectivity index (χ1v) is 11.4. The Morgan fingerprint density at radius 2 is 1.61 bits per heavy atom. The van der Waals surface area contributed by atoms with Crippen LogP contribution in [-0.4, -0.2) is 70.7 Å². The Morgan fingerprint density at radius 3 is 2.18 bits per heavy atom. The Labute approximate surface area is 198 Å². The number of hydrogen-bond acceptors (Lipinski definition) is 5. The lowest BCUT2D eigenvalue weighted by Gasteiger charge is -2.40. The number of halogens is 1. The van der Waals surface area contributed by atoms with E-state index in [1.165, 1.54) is 6.92 Å². The monoisotopic (exact) mass is 472 g/mol. The molecule has 2 aromatic rings. The summed E-state index contributed by atoms with van der Waals surface area (Å²) >= 11 is 5.69. The van der Waals surface area contributed by atoms with E-state index in [0.717, 1.165) is 11.1 Å². The van der Waals surface area contributed by atoms with Crippen LogP contribution >= 0.6 is 11.6 Å². The third-order valence-corrected chi connectivity index (χ3v) is 5.84. The van der Waals surface area contributed by atoms with Gasteiger partial charge in [-0.15, -0.1) is 11.6 Å². The molecule has 0 spiro atoms. The lowest BCUT2D eigenvalue weighted by molar-refractivity contribution is -0.132. The zero-order chi connectivity index (χ0) is 23.8. The lowest BCUT2D eigenvalue weighted by Crippen LogP contribution is -2.55. The van der Waals surface area contributed by atoms with Gasteiger partial charge < -0.3 is 20.6 Å². The van der Waals surface area contributed by atoms with Crippen molar-refractivity contribution in [3.8, 4) is 5.75 Å². The maximum atomic E-state index is 13.3. The van der Waals surface area contributed by atoms with Crippen LogP contribution in [0.15, 0.2) is 54.6 Å². The molecule has 176 valence electrons. The van der Waals surface area contributed by atoms with Crippen molar-refractivity contribution in [1.82, 2.24) is 20.4 Å². The minimum absolute atomic E-state index is 0.0471. The van der Waals surface area contributed by atoms with Gasteiger partial charge in [-0.3, -0.25) is 19.3 Å². The van der Waals surface area contributed by atoms with E-state index < -0.39 is 12.2 Å². The normalized spacial score (nSPS) is 16.0. The standard InChI is InChI=1S/C24H29ClN4O4/c1-17(30)26-21(15-18-7-9-20(31)10-8-18)24(33)27-23(19-5-3-2-4-6-19)29-13-11-28(12-14-29)22(32)16-25/h2-10,21,23,31H,11-16H2,1H3,(H,26,30)(H,27,33)/t21-,23?/m0/s1. The maximum Gasteiger partial charge on any atom is 0.244 e. The molecule has 3 amide bonds. The fourth-order valence-corrected chi connectivity index (χ4v) is 4.06. The summed E-state index contributed by atoms with van der Waals surface area (Å²) in [6, 6.07) is 15.4. The molecule has 3 rings (SSSR count). The van der Waals surface area contributed by atoms with E-state index in [1.807, 2.05) is 30.3 Å². The summed E-state index contributed by atoms with van der Waals surface area (Å²) in [4.78, 5) is 40.9. The number of carbonyl (C=O) groups is 3. The summed E-state index contributed by atoms with van der Waals surface area (Å²) in [5, 5.41) is 15.3. The molecular weight excluding hydrogens is 444 g/mol. The average Bonchev–Trinajstić information content (AvgIpc) is 2.83. The van der Waals surface area contributed by atoms with E-state index >= 15 is 0 Å². The number of nitrogens with one attached hydrogen (secondary N) is 2. The molecule has 0 aromatic heterocycles. The molecule has 1 saturated heterocycles. The number of amides is 3. The molecule has 1 aliphatic rings. The van der Waals surface area contributed by atoms with Gasteiger partial charge in [0.05, 0.1) is 0 Å². The zero-order valence-corrected chi connectivity index (χ0v) is 19.3. The Kier molecular flexibility index (Phi) is 8.68. The van der Waals surface area contributed by atoms with Gasteiger partial charge in [0.1, 0.15) is 23.8 Å². The van der Waals surface area contributed by atoms with Crippen molar-refractivity contribution in [3.63, 3.8) is 0 Å². The van der Waals surface area contributed by atoms with Crippen molar-refractivity contribution in [2.45, 2.75) is 25.6 Å². The van der Waals surface area contributed by atoms with Gasteiger partial charge in [-0.1, -0.05) is 42.5 Å². The van der Waals surface area contributed by atoms with Crippen LogP contribution in [0.3, 0.4) is 0 Å². The molecule has 1 heterocycles. The number of alkyl halides is 1. The van der Waals surface area contributed by atoms with Crippen LogP contribution in [0, 0.1) is 0 Å². The van der Waals surface area contributed by atoms with Crippen molar-refractivity contribution in [2.24, 2.45) is 0 Å². The third-order valence-electron chi connectivity index (χ3n) is 5.61. The van der Waals surface area contributed by atoms with E-state index in [0.29, 0.717) is 26.2 Å². The molecule has 0 saturated carbocycles. The molecule has 2 atom stereocenters. The highest BCUT2D eigenvalue weighted by Crippen LogP contribution is 2.21. The number of benzene rings is 2. The lowest BCUT2D eigenvalue weighted by atomic mass is 10.0. The van der Waals surface area contributed by atoms with E-state index in [1.54, 1.807) is 29.2 Å². The first-order valence-electron chi connectivity index (χ1n) is 10.9. The predicted octanol–water partition coefficient (Wildman–Crippen LogP) is 1.64. The van der Waals surface area contributed by atoms with Crippen LogP contribution in [0.1, 0.15) is 24.2 Å². The average molecular weight is 473 g/mol. The fraction of sp³-hybridized carbons (Fsp3) is 0.375. The Balaban J connectivity index is 1.77. The maximum absolute atomic E-state index is 13.3. The smallest absolute Gasteiger partial charge is 0.244 e. The van der Waals surface area contributed by atoms with Crippen molar-refractivity contribution in [1.29, 1.82) is 0 Å². The van der Waals surface area contributed by atoms with Crippen LogP contribution in [0.2, 0.25) is 0 Å². The predicted molar refractivity (Wildman–Crippen MR) is 126 cm³/mol. The van der Waals surface area contributed by atoms with Gasteiger partial charge in [-0.25, -0.2) is 0 Å². The fourth-order valence-electron chi connectivity index (χ4n) is 3.89. The first-order chi connectivity index (χ1) is 15.9. The van der Waals surface area contributed by atoms with Crippen LogP contribution in [0.25, 0.3) is 0 Å². The van der Waals surface area contributed by atoms with Crippen molar-refractivity contribution in [3.05, 3.63) is 65.7 Å². The third kappa shape index (κ3) is 6.94. The van der Waals surface area contributed by atoms with Gasteiger partial charge >= 0.3 is 0 Å². The van der Waals surface area contributed by atoms with Crippen LogP contribution in [0.4, 0.5) is 0 Å². The summed E-state index contributed by atoms with van der Waals surface area (Å²) < 4.78 is 0. The zero-order valence-electron chi connectivity index (χ0n) is 18.5. The number of piperazine rings is 1. The number of hydrogen-bond donors (Lipinski definition) is 3. The van der Waals surface area contributed by atoms with Gasteiger partial charge in [-0.05, 0) is 23.3 Å². The molecular formula is C24H29ClN4O4. The molecule has 0 bridgehead atoms. The number of carbonyl (C=O) groups excluding carboxylic acids is 3. The quantitative estimate of drug-likeness (QED) is 0.507. The number of phenolic OH excluding ortho intramolecular Hbond substituents is 1. The summed E-state index contributed by atoms with van der Waals surface area (Å²) in [6.45, 7) is 3.57. The minimum Gasteiger partial charge on any atom is -0.508 e. The van der Waals surface area contributed by atoms with Crippen LogP contribution in [0.5, 0.6) is 5.75 Å². The van der Waals surface area contributed by atoms with Crippen LogP contribution in [-0.2, 0) is 20.8 Å². The summed E-state index contributed by atoms with van der Waals surface area (Å²) in [5.74, 6) is -0.634. The SMILES string of the molecule is CC(=O)N[C@@H](Cc1ccc(O)cc1)C(=O)NC(c1ccccc1)N1CCN(C(=O)CCl)CC1. The second kappa shape index (κ2) is 11.7. The van der Waals surface area contributed by atoms with E-state index in [9.17, 15) is 19.5 Å². The van der Waals surface area contributed by atoms with E-state index in [2.05, 4.69) is 15.5 Å². The Morgan fingerprint density at radius 1 is 0.970 bits per heavy atom. The topological polar surface area (TPSA) is 102 Å². The Bertz CT molecular complexity index is 947. The van der Waals surface area contributed by atoms with Crippen molar-refractivity contribution >= 4 is 29.3 Å². The van der Waals surface area contributed by atoms with Crippen molar-refractivity contribution < 1.29 is 19.5 Å². The Hall–Kier alpha value is -3.10. The van der Waals surface area contributed by atoms with E-state index in [-0.39, 0.29) is 35.8 Å². The number of rotatable bonds is 8. The molecule has 2 aromatic carbocycles. The molecule has 0 aliphatic carbocycles. The second-order valence-electron chi connectivity index (χ2n) is 8.00. The van der Waals surface area contributed by atoms with Gasteiger partial charge in [-0.2, -0.15) is 0 Å². The van der Waals surface area contributed by atoms with Gasteiger partial charge in [0, 0.05) is 39.5 Å². The van der Waals surface area contributed by atoms with Gasteiger partial charge in [0.25, 0.3) is 0 Å². The molecule has 1 fully saturated rings. The number of aromatic hydroxyl groups is 1.